The fraction of sp³-hybridized carbons (Fsp3) is 0.917. The van der Waals surface area contributed by atoms with E-state index in [1.54, 1.807) is 0 Å². The zero-order chi connectivity index (χ0) is 11.1. The van der Waals surface area contributed by atoms with Gasteiger partial charge < -0.3 is 10.0 Å². The van der Waals surface area contributed by atoms with Crippen molar-refractivity contribution in [3.05, 3.63) is 0 Å². The van der Waals surface area contributed by atoms with Gasteiger partial charge in [0.05, 0.1) is 6.10 Å². The number of rotatable bonds is 1. The number of hydrogen-bond acceptors (Lipinski definition) is 2. The maximum Gasteiger partial charge on any atom is 0.226 e. The predicted octanol–water partition coefficient (Wildman–Crippen LogP) is 1.41. The Morgan fingerprint density at radius 3 is 2.53 bits per heavy atom. The Morgan fingerprint density at radius 1 is 1.33 bits per heavy atom. The minimum Gasteiger partial charge on any atom is -0.389 e. The molecule has 1 amide bonds. The van der Waals surface area contributed by atoms with Crippen LogP contribution in [0.25, 0.3) is 0 Å². The molecule has 0 spiro atoms. The zero-order valence-corrected chi connectivity index (χ0v) is 9.70. The Labute approximate surface area is 91.5 Å². The smallest absolute Gasteiger partial charge is 0.226 e. The van der Waals surface area contributed by atoms with Gasteiger partial charge in [0.2, 0.25) is 5.91 Å². The molecule has 0 radical (unpaired) electrons. The molecule has 0 bridgehead atoms. The number of amides is 1. The average molecular weight is 211 g/mol. The van der Waals surface area contributed by atoms with Crippen LogP contribution in [0.3, 0.4) is 0 Å². The lowest BCUT2D eigenvalue weighted by Crippen LogP contribution is -2.57. The van der Waals surface area contributed by atoms with E-state index in [-0.39, 0.29) is 23.3 Å². The average Bonchev–Trinajstić information content (AvgIpc) is 2.11. The number of carbonyl (C=O) groups excluding carboxylic acids is 1. The summed E-state index contributed by atoms with van der Waals surface area (Å²) in [6, 6.07) is 0. The maximum atomic E-state index is 12.2. The van der Waals surface area contributed by atoms with Crippen LogP contribution in [0.15, 0.2) is 0 Å². The summed E-state index contributed by atoms with van der Waals surface area (Å²) in [5.74, 6) is 0.448. The maximum absolute atomic E-state index is 12.2. The molecule has 1 saturated carbocycles. The number of nitrogens with zero attached hydrogens (tertiary/aromatic N) is 1. The van der Waals surface area contributed by atoms with Crippen molar-refractivity contribution in [2.24, 2.45) is 11.3 Å². The minimum atomic E-state index is -0.277. The second kappa shape index (κ2) is 3.78. The highest BCUT2D eigenvalue weighted by atomic mass is 16.3. The van der Waals surface area contributed by atoms with Crippen LogP contribution in [-0.4, -0.2) is 35.1 Å². The zero-order valence-electron chi connectivity index (χ0n) is 9.70. The fourth-order valence-electron chi connectivity index (χ4n) is 2.81. The number of aliphatic hydroxyl groups is 1. The van der Waals surface area contributed by atoms with Crippen molar-refractivity contribution in [2.75, 3.05) is 13.1 Å². The van der Waals surface area contributed by atoms with E-state index < -0.39 is 0 Å². The molecule has 1 aliphatic carbocycles. The Morgan fingerprint density at radius 2 is 2.00 bits per heavy atom. The molecule has 1 aliphatic heterocycles. The summed E-state index contributed by atoms with van der Waals surface area (Å²) >= 11 is 0. The highest BCUT2D eigenvalue weighted by molar-refractivity contribution is 5.80. The number of hydrogen-bond donors (Lipinski definition) is 1. The number of β-amino-alcohol motifs (C(OH)–C–C–N with tert-alkyl or cyclic N) is 1. The van der Waals surface area contributed by atoms with E-state index in [9.17, 15) is 9.90 Å². The molecule has 0 aromatic heterocycles. The lowest BCUT2D eigenvalue weighted by molar-refractivity contribution is -0.151. The third-order valence-electron chi connectivity index (χ3n) is 3.98. The summed E-state index contributed by atoms with van der Waals surface area (Å²) in [6.45, 7) is 5.49. The molecule has 15 heavy (non-hydrogen) atoms. The van der Waals surface area contributed by atoms with Crippen molar-refractivity contribution < 1.29 is 9.90 Å². The Balaban J connectivity index is 1.99. The number of likely N-dealkylation sites (tertiary alicyclic amines) is 1. The first-order valence-electron chi connectivity index (χ1n) is 5.97. The van der Waals surface area contributed by atoms with E-state index in [1.807, 2.05) is 4.90 Å². The molecule has 1 heterocycles. The Hall–Kier alpha value is -0.570. The van der Waals surface area contributed by atoms with Crippen LogP contribution in [0.4, 0.5) is 0 Å². The Kier molecular flexibility index (Phi) is 2.75. The summed E-state index contributed by atoms with van der Waals surface area (Å²) in [7, 11) is 0. The van der Waals surface area contributed by atoms with Gasteiger partial charge >= 0.3 is 0 Å². The van der Waals surface area contributed by atoms with Crippen LogP contribution < -0.4 is 0 Å². The molecular weight excluding hydrogens is 190 g/mol. The highest BCUT2D eigenvalue weighted by Crippen LogP contribution is 2.41. The summed E-state index contributed by atoms with van der Waals surface area (Å²) in [5.41, 5.74) is 0.149. The topological polar surface area (TPSA) is 40.5 Å². The van der Waals surface area contributed by atoms with Gasteiger partial charge in [0, 0.05) is 19.0 Å². The van der Waals surface area contributed by atoms with E-state index in [4.69, 9.17) is 0 Å². The van der Waals surface area contributed by atoms with E-state index in [2.05, 4.69) is 13.8 Å². The molecule has 0 aromatic rings. The molecule has 3 nitrogen and oxygen atoms in total. The quantitative estimate of drug-likeness (QED) is 0.712. The molecule has 1 unspecified atom stereocenters. The Bertz CT molecular complexity index is 256. The van der Waals surface area contributed by atoms with Gasteiger partial charge in [-0.1, -0.05) is 26.7 Å². The first kappa shape index (κ1) is 10.9. The van der Waals surface area contributed by atoms with Crippen LogP contribution in [0.5, 0.6) is 0 Å². The molecule has 1 atom stereocenters. The van der Waals surface area contributed by atoms with Gasteiger partial charge in [-0.15, -0.1) is 0 Å². The van der Waals surface area contributed by atoms with E-state index in [0.717, 1.165) is 12.8 Å². The van der Waals surface area contributed by atoms with Gasteiger partial charge in [-0.25, -0.2) is 0 Å². The van der Waals surface area contributed by atoms with Gasteiger partial charge in [0.25, 0.3) is 0 Å². The van der Waals surface area contributed by atoms with Crippen molar-refractivity contribution >= 4 is 5.91 Å². The first-order chi connectivity index (χ1) is 7.00. The highest BCUT2D eigenvalue weighted by Gasteiger charge is 2.41. The first-order valence-corrected chi connectivity index (χ1v) is 5.97. The largest absolute Gasteiger partial charge is 0.389 e. The fourth-order valence-corrected chi connectivity index (χ4v) is 2.81. The van der Waals surface area contributed by atoms with Gasteiger partial charge in [0.1, 0.15) is 0 Å². The predicted molar refractivity (Wildman–Crippen MR) is 58.3 cm³/mol. The summed E-state index contributed by atoms with van der Waals surface area (Å²) < 4.78 is 0. The van der Waals surface area contributed by atoms with Gasteiger partial charge in [-0.2, -0.15) is 0 Å². The van der Waals surface area contributed by atoms with Gasteiger partial charge in [-0.05, 0) is 18.3 Å². The van der Waals surface area contributed by atoms with Crippen LogP contribution in [0.1, 0.15) is 39.5 Å². The minimum absolute atomic E-state index is 0.149. The van der Waals surface area contributed by atoms with E-state index in [0.29, 0.717) is 13.1 Å². The van der Waals surface area contributed by atoms with Gasteiger partial charge in [-0.3, -0.25) is 4.79 Å². The summed E-state index contributed by atoms with van der Waals surface area (Å²) in [6.07, 6.45) is 4.33. The standard InChI is InChI=1S/C12H21NO2/c1-12(2)6-4-3-5-10(12)11(15)13-7-9(14)8-13/h9-10,14H,3-8H2,1-2H3. The van der Waals surface area contributed by atoms with Crippen molar-refractivity contribution in [3.8, 4) is 0 Å². The van der Waals surface area contributed by atoms with Crippen LogP contribution in [-0.2, 0) is 4.79 Å². The van der Waals surface area contributed by atoms with Crippen molar-refractivity contribution in [2.45, 2.75) is 45.6 Å². The van der Waals surface area contributed by atoms with Crippen LogP contribution in [0.2, 0.25) is 0 Å². The van der Waals surface area contributed by atoms with Crippen LogP contribution in [0, 0.1) is 11.3 Å². The molecular formula is C12H21NO2. The third kappa shape index (κ3) is 2.03. The molecule has 0 aromatic carbocycles. The molecule has 86 valence electrons. The lowest BCUT2D eigenvalue weighted by Gasteiger charge is -2.44. The summed E-state index contributed by atoms with van der Waals surface area (Å²) in [5, 5.41) is 9.20. The monoisotopic (exact) mass is 211 g/mol. The lowest BCUT2D eigenvalue weighted by atomic mass is 9.68. The number of aliphatic hydroxyl groups excluding tert-OH is 1. The van der Waals surface area contributed by atoms with Crippen molar-refractivity contribution in [1.29, 1.82) is 0 Å². The van der Waals surface area contributed by atoms with Crippen LogP contribution >= 0.6 is 0 Å². The second-order valence-electron chi connectivity index (χ2n) is 5.68. The second-order valence-corrected chi connectivity index (χ2v) is 5.68. The van der Waals surface area contributed by atoms with Crippen molar-refractivity contribution in [3.63, 3.8) is 0 Å². The number of carbonyl (C=O) groups is 1. The SMILES string of the molecule is CC1(C)CCCCC1C(=O)N1CC(O)C1. The van der Waals surface area contributed by atoms with E-state index >= 15 is 0 Å². The normalized spacial score (nSPS) is 31.1. The van der Waals surface area contributed by atoms with E-state index in [1.165, 1.54) is 12.8 Å². The summed E-state index contributed by atoms with van der Waals surface area (Å²) in [4.78, 5) is 14.0. The van der Waals surface area contributed by atoms with Gasteiger partial charge in [0.15, 0.2) is 0 Å². The molecule has 2 rings (SSSR count). The molecule has 1 N–H and O–H groups in total. The molecule has 3 heteroatoms. The third-order valence-corrected chi connectivity index (χ3v) is 3.98. The molecule has 2 fully saturated rings. The van der Waals surface area contributed by atoms with Crippen molar-refractivity contribution in [1.82, 2.24) is 4.90 Å². The molecule has 2 aliphatic rings. The molecule has 1 saturated heterocycles.